The highest BCUT2D eigenvalue weighted by Gasteiger charge is 2.23. The van der Waals surface area contributed by atoms with Crippen LogP contribution in [0.3, 0.4) is 0 Å². The average Bonchev–Trinajstić information content (AvgIpc) is 2.60. The summed E-state index contributed by atoms with van der Waals surface area (Å²) in [5, 5.41) is 16.0. The van der Waals surface area contributed by atoms with Crippen LogP contribution >= 0.6 is 0 Å². The van der Waals surface area contributed by atoms with Crippen molar-refractivity contribution in [3.8, 4) is 0 Å². The molecule has 2 aromatic carbocycles. The fraction of sp³-hybridized carbons (Fsp3) is 0.263. The standard InChI is InChI=1S/C19H22N2O3/c1-3-17(22)21-16-11-7-8-14(12-16)18(23)20-13-19(2,24)15-9-5-4-6-10-15/h4-12,24H,3,13H2,1-2H3,(H,20,23)(H,21,22). The molecule has 0 fully saturated rings. The minimum atomic E-state index is -1.16. The molecule has 0 spiro atoms. The Balaban J connectivity index is 2.02. The van der Waals surface area contributed by atoms with Gasteiger partial charge in [-0.15, -0.1) is 0 Å². The third kappa shape index (κ3) is 4.67. The van der Waals surface area contributed by atoms with E-state index in [9.17, 15) is 14.7 Å². The van der Waals surface area contributed by atoms with Gasteiger partial charge >= 0.3 is 0 Å². The van der Waals surface area contributed by atoms with E-state index in [-0.39, 0.29) is 18.4 Å². The summed E-state index contributed by atoms with van der Waals surface area (Å²) < 4.78 is 0. The van der Waals surface area contributed by atoms with E-state index in [0.717, 1.165) is 5.56 Å². The minimum absolute atomic E-state index is 0.0847. The Labute approximate surface area is 141 Å². The van der Waals surface area contributed by atoms with E-state index < -0.39 is 5.60 Å². The van der Waals surface area contributed by atoms with Crippen molar-refractivity contribution in [2.45, 2.75) is 25.9 Å². The number of amides is 2. The molecule has 0 aromatic heterocycles. The average molecular weight is 326 g/mol. The lowest BCUT2D eigenvalue weighted by atomic mass is 9.96. The molecule has 0 saturated carbocycles. The Hall–Kier alpha value is -2.66. The summed E-state index contributed by atoms with van der Waals surface area (Å²) in [6, 6.07) is 15.9. The Morgan fingerprint density at radius 3 is 2.46 bits per heavy atom. The zero-order chi connectivity index (χ0) is 17.6. The van der Waals surface area contributed by atoms with Crippen molar-refractivity contribution in [3.05, 3.63) is 65.7 Å². The molecule has 0 aliphatic rings. The molecule has 2 rings (SSSR count). The molecule has 3 N–H and O–H groups in total. The van der Waals surface area contributed by atoms with E-state index in [0.29, 0.717) is 17.7 Å². The van der Waals surface area contributed by atoms with Crippen LogP contribution in [0.25, 0.3) is 0 Å². The number of benzene rings is 2. The highest BCUT2D eigenvalue weighted by atomic mass is 16.3. The summed E-state index contributed by atoms with van der Waals surface area (Å²) in [5.74, 6) is -0.418. The monoisotopic (exact) mass is 326 g/mol. The second kappa shape index (κ2) is 7.75. The van der Waals surface area contributed by atoms with Crippen LogP contribution in [0.1, 0.15) is 36.2 Å². The first-order valence-electron chi connectivity index (χ1n) is 7.88. The Morgan fingerprint density at radius 2 is 1.79 bits per heavy atom. The third-order valence-corrected chi connectivity index (χ3v) is 3.72. The highest BCUT2D eigenvalue weighted by Crippen LogP contribution is 2.19. The first-order valence-corrected chi connectivity index (χ1v) is 7.88. The summed E-state index contributed by atoms with van der Waals surface area (Å²) in [7, 11) is 0. The molecule has 5 heteroatoms. The fourth-order valence-corrected chi connectivity index (χ4v) is 2.24. The molecule has 1 unspecified atom stereocenters. The third-order valence-electron chi connectivity index (χ3n) is 3.72. The van der Waals surface area contributed by atoms with E-state index in [1.165, 1.54) is 0 Å². The van der Waals surface area contributed by atoms with Gasteiger partial charge in [0.25, 0.3) is 5.91 Å². The van der Waals surface area contributed by atoms with Gasteiger partial charge in [-0.1, -0.05) is 43.3 Å². The maximum Gasteiger partial charge on any atom is 0.251 e. The van der Waals surface area contributed by atoms with Gasteiger partial charge in [0.15, 0.2) is 0 Å². The summed E-state index contributed by atoms with van der Waals surface area (Å²) >= 11 is 0. The summed E-state index contributed by atoms with van der Waals surface area (Å²) in [5.41, 5.74) is 0.566. The predicted molar refractivity (Wildman–Crippen MR) is 93.7 cm³/mol. The summed E-state index contributed by atoms with van der Waals surface area (Å²) in [6.45, 7) is 3.50. The van der Waals surface area contributed by atoms with Crippen molar-refractivity contribution >= 4 is 17.5 Å². The van der Waals surface area contributed by atoms with Gasteiger partial charge in [0, 0.05) is 17.7 Å². The van der Waals surface area contributed by atoms with Gasteiger partial charge in [0.2, 0.25) is 5.91 Å². The Kier molecular flexibility index (Phi) is 5.71. The number of anilines is 1. The van der Waals surface area contributed by atoms with Crippen molar-refractivity contribution in [1.29, 1.82) is 0 Å². The highest BCUT2D eigenvalue weighted by molar-refractivity contribution is 5.97. The Bertz CT molecular complexity index is 712. The number of carbonyl (C=O) groups is 2. The van der Waals surface area contributed by atoms with Gasteiger partial charge in [0.05, 0.1) is 6.54 Å². The fourth-order valence-electron chi connectivity index (χ4n) is 2.24. The van der Waals surface area contributed by atoms with Crippen molar-refractivity contribution in [3.63, 3.8) is 0 Å². The summed E-state index contributed by atoms with van der Waals surface area (Å²) in [4.78, 5) is 23.7. The number of aliphatic hydroxyl groups is 1. The molecular formula is C19H22N2O3. The van der Waals surface area contributed by atoms with Gasteiger partial charge in [-0.3, -0.25) is 9.59 Å². The lowest BCUT2D eigenvalue weighted by molar-refractivity contribution is -0.115. The zero-order valence-electron chi connectivity index (χ0n) is 13.9. The predicted octanol–water partition coefficient (Wildman–Crippen LogP) is 2.67. The maximum atomic E-state index is 12.3. The number of carbonyl (C=O) groups excluding carboxylic acids is 2. The van der Waals surface area contributed by atoms with Gasteiger partial charge in [-0.25, -0.2) is 0 Å². The largest absolute Gasteiger partial charge is 0.384 e. The molecule has 0 saturated heterocycles. The SMILES string of the molecule is CCC(=O)Nc1cccc(C(=O)NCC(C)(O)c2ccccc2)c1. The first kappa shape index (κ1) is 17.7. The van der Waals surface area contributed by atoms with E-state index in [1.807, 2.05) is 30.3 Å². The molecule has 2 aromatic rings. The van der Waals surface area contributed by atoms with Crippen LogP contribution in [-0.2, 0) is 10.4 Å². The Morgan fingerprint density at radius 1 is 1.08 bits per heavy atom. The molecule has 1 atom stereocenters. The smallest absolute Gasteiger partial charge is 0.251 e. The lowest BCUT2D eigenvalue weighted by Crippen LogP contribution is -2.38. The molecule has 0 bridgehead atoms. The summed E-state index contributed by atoms with van der Waals surface area (Å²) in [6.07, 6.45) is 0.371. The van der Waals surface area contributed by atoms with E-state index in [2.05, 4.69) is 10.6 Å². The normalized spacial score (nSPS) is 13.0. The molecule has 0 radical (unpaired) electrons. The number of rotatable bonds is 6. The van der Waals surface area contributed by atoms with Crippen LogP contribution in [0, 0.1) is 0 Å². The van der Waals surface area contributed by atoms with Crippen LogP contribution in [0.15, 0.2) is 54.6 Å². The second-order valence-corrected chi connectivity index (χ2v) is 5.81. The molecule has 0 aliphatic heterocycles. The van der Waals surface area contributed by atoms with E-state index in [1.54, 1.807) is 38.1 Å². The quantitative estimate of drug-likeness (QED) is 0.763. The van der Waals surface area contributed by atoms with Crippen LogP contribution in [0.4, 0.5) is 5.69 Å². The van der Waals surface area contributed by atoms with Crippen molar-refractivity contribution < 1.29 is 14.7 Å². The lowest BCUT2D eigenvalue weighted by Gasteiger charge is -2.24. The van der Waals surface area contributed by atoms with Gasteiger partial charge in [-0.2, -0.15) is 0 Å². The van der Waals surface area contributed by atoms with E-state index in [4.69, 9.17) is 0 Å². The molecule has 0 aliphatic carbocycles. The van der Waals surface area contributed by atoms with Gasteiger partial charge < -0.3 is 15.7 Å². The minimum Gasteiger partial charge on any atom is -0.384 e. The molecule has 2 amide bonds. The first-order chi connectivity index (χ1) is 11.4. The molecule has 5 nitrogen and oxygen atoms in total. The molecule has 126 valence electrons. The topological polar surface area (TPSA) is 78.4 Å². The van der Waals surface area contributed by atoms with Crippen molar-refractivity contribution in [2.24, 2.45) is 0 Å². The van der Waals surface area contributed by atoms with Crippen LogP contribution in [-0.4, -0.2) is 23.5 Å². The van der Waals surface area contributed by atoms with Crippen LogP contribution in [0.2, 0.25) is 0 Å². The van der Waals surface area contributed by atoms with Crippen LogP contribution in [0.5, 0.6) is 0 Å². The number of nitrogens with one attached hydrogen (secondary N) is 2. The molecular weight excluding hydrogens is 304 g/mol. The van der Waals surface area contributed by atoms with E-state index >= 15 is 0 Å². The second-order valence-electron chi connectivity index (χ2n) is 5.81. The number of hydrogen-bond acceptors (Lipinski definition) is 3. The van der Waals surface area contributed by atoms with Crippen molar-refractivity contribution in [2.75, 3.05) is 11.9 Å². The van der Waals surface area contributed by atoms with Crippen molar-refractivity contribution in [1.82, 2.24) is 5.32 Å². The maximum absolute atomic E-state index is 12.3. The van der Waals surface area contributed by atoms with Gasteiger partial charge in [0.1, 0.15) is 5.60 Å². The number of hydrogen-bond donors (Lipinski definition) is 3. The van der Waals surface area contributed by atoms with Gasteiger partial charge in [-0.05, 0) is 30.7 Å². The molecule has 24 heavy (non-hydrogen) atoms. The zero-order valence-corrected chi connectivity index (χ0v) is 13.9. The molecule has 0 heterocycles. The van der Waals surface area contributed by atoms with Crippen LogP contribution < -0.4 is 10.6 Å².